The van der Waals surface area contributed by atoms with E-state index in [-0.39, 0.29) is 11.5 Å². The summed E-state index contributed by atoms with van der Waals surface area (Å²) in [7, 11) is 0. The van der Waals surface area contributed by atoms with E-state index in [1.165, 1.54) is 6.42 Å². The Morgan fingerprint density at radius 3 is 2.75 bits per heavy atom. The van der Waals surface area contributed by atoms with Gasteiger partial charge in [-0.25, -0.2) is 0 Å². The van der Waals surface area contributed by atoms with Gasteiger partial charge >= 0.3 is 5.97 Å². The number of carboxylic acid groups (broad SMARTS) is 1. The van der Waals surface area contributed by atoms with Crippen LogP contribution in [0.25, 0.3) is 0 Å². The van der Waals surface area contributed by atoms with Crippen LogP contribution in [0.2, 0.25) is 0 Å². The van der Waals surface area contributed by atoms with Gasteiger partial charge in [0.2, 0.25) is 0 Å². The molecule has 1 aliphatic carbocycles. The van der Waals surface area contributed by atoms with Gasteiger partial charge in [0.15, 0.2) is 0 Å². The molecule has 0 unspecified atom stereocenters. The summed E-state index contributed by atoms with van der Waals surface area (Å²) >= 11 is 0. The summed E-state index contributed by atoms with van der Waals surface area (Å²) in [5.74, 6) is -0.802. The maximum absolute atomic E-state index is 10.7. The number of rotatable bonds is 1. The Balaban J connectivity index is 1.98. The second-order valence-corrected chi connectivity index (χ2v) is 3.91. The molecule has 0 aromatic heterocycles. The maximum Gasteiger partial charge on any atom is 0.306 e. The summed E-state index contributed by atoms with van der Waals surface area (Å²) in [6.07, 6.45) is 4.76. The van der Waals surface area contributed by atoms with Gasteiger partial charge in [-0.15, -0.1) is 0 Å². The molecule has 12 heavy (non-hydrogen) atoms. The third-order valence-corrected chi connectivity index (χ3v) is 3.11. The Morgan fingerprint density at radius 2 is 2.25 bits per heavy atom. The van der Waals surface area contributed by atoms with E-state index in [4.69, 9.17) is 9.84 Å². The molecule has 1 saturated heterocycles. The van der Waals surface area contributed by atoms with Crippen molar-refractivity contribution in [2.45, 2.75) is 37.7 Å². The minimum absolute atomic E-state index is 0.0265. The molecule has 0 aromatic rings. The van der Waals surface area contributed by atoms with E-state index in [1.807, 2.05) is 0 Å². The van der Waals surface area contributed by atoms with Crippen LogP contribution in [0, 0.1) is 5.92 Å². The molecule has 1 spiro atoms. The van der Waals surface area contributed by atoms with Crippen LogP contribution in [0.1, 0.15) is 32.1 Å². The highest BCUT2D eigenvalue weighted by molar-refractivity contribution is 5.70. The molecular weight excluding hydrogens is 156 g/mol. The van der Waals surface area contributed by atoms with Crippen LogP contribution in [0.3, 0.4) is 0 Å². The minimum Gasteiger partial charge on any atom is -0.481 e. The van der Waals surface area contributed by atoms with Crippen molar-refractivity contribution in [3.63, 3.8) is 0 Å². The predicted octanol–water partition coefficient (Wildman–Crippen LogP) is 1.42. The zero-order valence-electron chi connectivity index (χ0n) is 7.08. The van der Waals surface area contributed by atoms with Crippen LogP contribution in [0.5, 0.6) is 0 Å². The Labute approximate surface area is 71.7 Å². The van der Waals surface area contributed by atoms with Gasteiger partial charge in [0.05, 0.1) is 11.5 Å². The molecule has 2 fully saturated rings. The summed E-state index contributed by atoms with van der Waals surface area (Å²) in [6.45, 7) is 0.636. The number of aliphatic carboxylic acids is 1. The monoisotopic (exact) mass is 170 g/mol. The fourth-order valence-corrected chi connectivity index (χ4v) is 2.16. The first-order valence-corrected chi connectivity index (χ1v) is 4.59. The smallest absolute Gasteiger partial charge is 0.306 e. The quantitative estimate of drug-likeness (QED) is 0.647. The Kier molecular flexibility index (Phi) is 1.83. The molecule has 0 bridgehead atoms. The average Bonchev–Trinajstić information content (AvgIpc) is 2.02. The highest BCUT2D eigenvalue weighted by Crippen LogP contribution is 2.44. The Morgan fingerprint density at radius 1 is 1.50 bits per heavy atom. The van der Waals surface area contributed by atoms with E-state index in [1.54, 1.807) is 0 Å². The number of carbonyl (C=O) groups is 1. The second-order valence-electron chi connectivity index (χ2n) is 3.91. The largest absolute Gasteiger partial charge is 0.481 e. The summed E-state index contributed by atoms with van der Waals surface area (Å²) in [5, 5.41) is 8.83. The highest BCUT2D eigenvalue weighted by Gasteiger charge is 2.44. The summed E-state index contributed by atoms with van der Waals surface area (Å²) in [5.41, 5.74) is -0.0265. The van der Waals surface area contributed by atoms with E-state index in [0.29, 0.717) is 13.0 Å². The number of hydrogen-bond donors (Lipinski definition) is 1. The molecule has 1 heterocycles. The third kappa shape index (κ3) is 1.22. The standard InChI is InChI=1S/C9H14O3/c10-8(11)7-2-5-12-9(6-7)3-1-4-9/h7H,1-6H2,(H,10,11)/t7-/m0/s1. The predicted molar refractivity (Wildman–Crippen MR) is 42.9 cm³/mol. The molecule has 2 aliphatic rings. The van der Waals surface area contributed by atoms with Gasteiger partial charge in [0.25, 0.3) is 0 Å². The van der Waals surface area contributed by atoms with Crippen molar-refractivity contribution in [1.29, 1.82) is 0 Å². The molecule has 3 heteroatoms. The maximum atomic E-state index is 10.7. The second kappa shape index (κ2) is 2.73. The molecule has 68 valence electrons. The molecule has 1 N–H and O–H groups in total. The lowest BCUT2D eigenvalue weighted by molar-refractivity contribution is -0.167. The van der Waals surface area contributed by atoms with E-state index in [2.05, 4.69) is 0 Å². The van der Waals surface area contributed by atoms with Crippen LogP contribution in [-0.4, -0.2) is 23.3 Å². The Hall–Kier alpha value is -0.570. The average molecular weight is 170 g/mol. The molecule has 1 saturated carbocycles. The van der Waals surface area contributed by atoms with Crippen molar-refractivity contribution >= 4 is 5.97 Å². The van der Waals surface area contributed by atoms with Gasteiger partial charge in [-0.2, -0.15) is 0 Å². The minimum atomic E-state index is -0.649. The van der Waals surface area contributed by atoms with Gasteiger partial charge in [0.1, 0.15) is 0 Å². The number of ether oxygens (including phenoxy) is 1. The van der Waals surface area contributed by atoms with Crippen molar-refractivity contribution in [2.24, 2.45) is 5.92 Å². The van der Waals surface area contributed by atoms with Crippen LogP contribution in [-0.2, 0) is 9.53 Å². The number of hydrogen-bond acceptors (Lipinski definition) is 2. The lowest BCUT2D eigenvalue weighted by Gasteiger charge is -2.46. The van der Waals surface area contributed by atoms with E-state index in [0.717, 1.165) is 19.3 Å². The van der Waals surface area contributed by atoms with Gasteiger partial charge in [0, 0.05) is 6.61 Å². The van der Waals surface area contributed by atoms with Crippen LogP contribution in [0.4, 0.5) is 0 Å². The van der Waals surface area contributed by atoms with Crippen LogP contribution >= 0.6 is 0 Å². The zero-order valence-corrected chi connectivity index (χ0v) is 7.08. The molecule has 1 aliphatic heterocycles. The normalized spacial score (nSPS) is 32.8. The fourth-order valence-electron chi connectivity index (χ4n) is 2.16. The molecule has 0 aromatic carbocycles. The molecule has 2 rings (SSSR count). The first kappa shape index (κ1) is 8.05. The van der Waals surface area contributed by atoms with Crippen molar-refractivity contribution in [3.05, 3.63) is 0 Å². The first-order chi connectivity index (χ1) is 5.72. The van der Waals surface area contributed by atoms with Crippen molar-refractivity contribution < 1.29 is 14.6 Å². The molecule has 3 nitrogen and oxygen atoms in total. The molecular formula is C9H14O3. The zero-order chi connectivity index (χ0) is 8.60. The Bertz CT molecular complexity index is 196. The third-order valence-electron chi connectivity index (χ3n) is 3.11. The first-order valence-electron chi connectivity index (χ1n) is 4.59. The lowest BCUT2D eigenvalue weighted by atomic mass is 9.72. The molecule has 0 amide bonds. The van der Waals surface area contributed by atoms with Gasteiger partial charge in [-0.1, -0.05) is 0 Å². The molecule has 1 atom stereocenters. The van der Waals surface area contributed by atoms with Gasteiger partial charge in [-0.3, -0.25) is 4.79 Å². The summed E-state index contributed by atoms with van der Waals surface area (Å²) in [4.78, 5) is 10.7. The van der Waals surface area contributed by atoms with Gasteiger partial charge in [-0.05, 0) is 32.1 Å². The van der Waals surface area contributed by atoms with E-state index in [9.17, 15) is 4.79 Å². The van der Waals surface area contributed by atoms with Crippen molar-refractivity contribution in [2.75, 3.05) is 6.61 Å². The van der Waals surface area contributed by atoms with E-state index >= 15 is 0 Å². The fraction of sp³-hybridized carbons (Fsp3) is 0.889. The summed E-state index contributed by atoms with van der Waals surface area (Å²) in [6, 6.07) is 0. The van der Waals surface area contributed by atoms with Crippen molar-refractivity contribution in [1.82, 2.24) is 0 Å². The van der Waals surface area contributed by atoms with Gasteiger partial charge < -0.3 is 9.84 Å². The topological polar surface area (TPSA) is 46.5 Å². The molecule has 0 radical (unpaired) electrons. The van der Waals surface area contributed by atoms with Crippen LogP contribution in [0.15, 0.2) is 0 Å². The highest BCUT2D eigenvalue weighted by atomic mass is 16.5. The lowest BCUT2D eigenvalue weighted by Crippen LogP contribution is -2.46. The summed E-state index contributed by atoms with van der Waals surface area (Å²) < 4.78 is 5.62. The van der Waals surface area contributed by atoms with E-state index < -0.39 is 5.97 Å². The van der Waals surface area contributed by atoms with Crippen molar-refractivity contribution in [3.8, 4) is 0 Å². The SMILES string of the molecule is O=C(O)[C@H]1CCOC2(CCC2)C1. The van der Waals surface area contributed by atoms with Crippen LogP contribution < -0.4 is 0 Å². The number of carboxylic acids is 1.